The SMILES string of the molecule is O=[N+]([O-])c1c(-c2cccc3ccccc23)c2nnc3nc2c2c(cccc12)[nH]3. The molecule has 132 valence electrons. The number of benzene rings is 4. The van der Waals surface area contributed by atoms with Crippen LogP contribution < -0.4 is 0 Å². The molecule has 0 aliphatic heterocycles. The van der Waals surface area contributed by atoms with Gasteiger partial charge in [0, 0.05) is 5.39 Å². The molecule has 6 aromatic rings. The maximum atomic E-state index is 12.2. The van der Waals surface area contributed by atoms with E-state index in [9.17, 15) is 10.1 Å². The summed E-state index contributed by atoms with van der Waals surface area (Å²) in [6.07, 6.45) is 0. The van der Waals surface area contributed by atoms with Gasteiger partial charge in [0.2, 0.25) is 5.78 Å². The molecule has 0 spiro atoms. The molecule has 7 nitrogen and oxygen atoms in total. The lowest BCUT2D eigenvalue weighted by atomic mass is 9.92. The predicted octanol–water partition coefficient (Wildman–Crippen LogP) is 4.83. The van der Waals surface area contributed by atoms with Crippen LogP contribution in [0.15, 0.2) is 60.7 Å². The number of H-pyrrole nitrogens is 1. The lowest BCUT2D eigenvalue weighted by Crippen LogP contribution is -2.03. The Bertz CT molecular complexity index is 1550. The summed E-state index contributed by atoms with van der Waals surface area (Å²) in [5.74, 6) is 0.394. The van der Waals surface area contributed by atoms with Crippen LogP contribution in [0.3, 0.4) is 0 Å². The maximum Gasteiger partial charge on any atom is 0.287 e. The number of fused-ring (bicyclic) bond motifs is 2. The number of hydrogen-bond donors (Lipinski definition) is 1. The molecule has 2 aromatic heterocycles. The molecule has 7 heteroatoms. The Balaban J connectivity index is 1.93. The van der Waals surface area contributed by atoms with E-state index in [0.717, 1.165) is 21.9 Å². The summed E-state index contributed by atoms with van der Waals surface area (Å²) in [6.45, 7) is 0. The smallest absolute Gasteiger partial charge is 0.287 e. The van der Waals surface area contributed by atoms with E-state index in [1.807, 2.05) is 48.5 Å². The molecule has 2 bridgehead atoms. The maximum absolute atomic E-state index is 12.2. The summed E-state index contributed by atoms with van der Waals surface area (Å²) in [6, 6.07) is 19.0. The zero-order valence-electron chi connectivity index (χ0n) is 14.4. The molecule has 0 aliphatic carbocycles. The quantitative estimate of drug-likeness (QED) is 0.269. The fraction of sp³-hybridized carbons (Fsp3) is 0. The summed E-state index contributed by atoms with van der Waals surface area (Å²) in [7, 11) is 0. The van der Waals surface area contributed by atoms with E-state index in [1.54, 1.807) is 12.1 Å². The second kappa shape index (κ2) is 5.20. The number of hydrogen-bond acceptors (Lipinski definition) is 5. The van der Waals surface area contributed by atoms with Crippen LogP contribution in [0.2, 0.25) is 0 Å². The van der Waals surface area contributed by atoms with Crippen molar-refractivity contribution in [3.8, 4) is 11.1 Å². The van der Waals surface area contributed by atoms with Crippen molar-refractivity contribution in [2.45, 2.75) is 0 Å². The molecule has 2 heterocycles. The highest BCUT2D eigenvalue weighted by Gasteiger charge is 2.28. The molecule has 28 heavy (non-hydrogen) atoms. The van der Waals surface area contributed by atoms with Crippen LogP contribution in [-0.2, 0) is 0 Å². The van der Waals surface area contributed by atoms with Crippen molar-refractivity contribution in [2.75, 3.05) is 0 Å². The zero-order valence-corrected chi connectivity index (χ0v) is 14.4. The van der Waals surface area contributed by atoms with Gasteiger partial charge in [-0.05, 0) is 28.5 Å². The van der Waals surface area contributed by atoms with Crippen molar-refractivity contribution in [1.82, 2.24) is 20.2 Å². The number of nitro groups is 1. The molecule has 1 N–H and O–H groups in total. The monoisotopic (exact) mass is 365 g/mol. The molecular weight excluding hydrogens is 354 g/mol. The molecule has 0 aliphatic rings. The minimum Gasteiger partial charge on any atom is -0.322 e. The van der Waals surface area contributed by atoms with E-state index in [4.69, 9.17) is 0 Å². The molecule has 0 saturated carbocycles. The normalized spacial score (nSPS) is 11.9. The molecule has 0 atom stereocenters. The summed E-state index contributed by atoms with van der Waals surface area (Å²) < 4.78 is 0. The third-order valence-corrected chi connectivity index (χ3v) is 5.20. The van der Waals surface area contributed by atoms with E-state index in [2.05, 4.69) is 20.2 Å². The minimum atomic E-state index is -0.333. The zero-order chi connectivity index (χ0) is 18.8. The van der Waals surface area contributed by atoms with Crippen LogP contribution in [0.25, 0.3) is 55.0 Å². The Morgan fingerprint density at radius 2 is 1.64 bits per heavy atom. The van der Waals surface area contributed by atoms with E-state index < -0.39 is 0 Å². The highest BCUT2D eigenvalue weighted by molar-refractivity contribution is 6.23. The Kier molecular flexibility index (Phi) is 2.78. The van der Waals surface area contributed by atoms with Crippen molar-refractivity contribution in [3.63, 3.8) is 0 Å². The predicted molar refractivity (Wildman–Crippen MR) is 107 cm³/mol. The van der Waals surface area contributed by atoms with Gasteiger partial charge in [0.15, 0.2) is 0 Å². The van der Waals surface area contributed by atoms with Gasteiger partial charge in [-0.1, -0.05) is 48.5 Å². The fourth-order valence-corrected chi connectivity index (χ4v) is 4.09. The summed E-state index contributed by atoms with van der Waals surface area (Å²) in [4.78, 5) is 19.5. The van der Waals surface area contributed by atoms with E-state index >= 15 is 0 Å². The van der Waals surface area contributed by atoms with E-state index in [0.29, 0.717) is 33.1 Å². The number of rotatable bonds is 2. The molecular formula is C21H11N5O2. The van der Waals surface area contributed by atoms with Crippen molar-refractivity contribution < 1.29 is 4.92 Å². The highest BCUT2D eigenvalue weighted by Crippen LogP contribution is 2.45. The third-order valence-electron chi connectivity index (χ3n) is 5.20. The number of nitrogens with one attached hydrogen (secondary N) is 1. The molecule has 0 unspecified atom stereocenters. The largest absolute Gasteiger partial charge is 0.322 e. The van der Waals surface area contributed by atoms with Crippen LogP contribution in [0.4, 0.5) is 5.69 Å². The van der Waals surface area contributed by atoms with Gasteiger partial charge in [-0.15, -0.1) is 10.2 Å². The van der Waals surface area contributed by atoms with Gasteiger partial charge in [-0.2, -0.15) is 0 Å². The van der Waals surface area contributed by atoms with Gasteiger partial charge in [-0.25, -0.2) is 4.98 Å². The summed E-state index contributed by atoms with van der Waals surface area (Å²) >= 11 is 0. The van der Waals surface area contributed by atoms with Crippen LogP contribution in [0.5, 0.6) is 0 Å². The average Bonchev–Trinajstić information content (AvgIpc) is 2.72. The average molecular weight is 365 g/mol. The summed E-state index contributed by atoms with van der Waals surface area (Å²) in [5, 5.41) is 23.9. The van der Waals surface area contributed by atoms with Crippen molar-refractivity contribution >= 4 is 49.6 Å². The van der Waals surface area contributed by atoms with Gasteiger partial charge in [0.05, 0.1) is 21.4 Å². The standard InChI is InChI=1S/C21H11N5O2/c27-26(28)20-14-9-4-10-15-16(14)18-19(24-25-21(22-15)23-18)17(20)13-8-3-6-11-5-1-2-7-12(11)13/h1-10H,(H,22,23,25). The van der Waals surface area contributed by atoms with E-state index in [1.165, 1.54) is 0 Å². The lowest BCUT2D eigenvalue weighted by molar-refractivity contribution is -0.382. The van der Waals surface area contributed by atoms with Gasteiger partial charge < -0.3 is 4.98 Å². The van der Waals surface area contributed by atoms with Gasteiger partial charge in [-0.3, -0.25) is 10.1 Å². The lowest BCUT2D eigenvalue weighted by Gasteiger charge is -2.14. The molecule has 4 aromatic carbocycles. The third kappa shape index (κ3) is 1.84. The fourth-order valence-electron chi connectivity index (χ4n) is 4.09. The Labute approximate surface area is 157 Å². The Morgan fingerprint density at radius 1 is 0.857 bits per heavy atom. The van der Waals surface area contributed by atoms with Crippen LogP contribution in [0, 0.1) is 10.1 Å². The van der Waals surface area contributed by atoms with Crippen molar-refractivity contribution in [3.05, 3.63) is 70.8 Å². The molecule has 0 radical (unpaired) electrons. The molecule has 0 amide bonds. The van der Waals surface area contributed by atoms with Gasteiger partial charge >= 0.3 is 0 Å². The van der Waals surface area contributed by atoms with Crippen LogP contribution in [-0.4, -0.2) is 25.1 Å². The first kappa shape index (κ1) is 15.0. The number of nitro benzene ring substituents is 1. The highest BCUT2D eigenvalue weighted by atomic mass is 16.6. The Hall–Kier alpha value is -4.13. The van der Waals surface area contributed by atoms with Gasteiger partial charge in [0.25, 0.3) is 5.69 Å². The number of aromatic nitrogens is 4. The first-order chi connectivity index (χ1) is 13.7. The topological polar surface area (TPSA) is 97.6 Å². The van der Waals surface area contributed by atoms with Crippen LogP contribution in [0.1, 0.15) is 0 Å². The van der Waals surface area contributed by atoms with Gasteiger partial charge in [0.1, 0.15) is 11.0 Å². The molecule has 0 saturated heterocycles. The van der Waals surface area contributed by atoms with E-state index in [-0.39, 0.29) is 10.6 Å². The molecule has 6 rings (SSSR count). The first-order valence-electron chi connectivity index (χ1n) is 8.75. The molecule has 0 fully saturated rings. The van der Waals surface area contributed by atoms with Crippen molar-refractivity contribution in [2.24, 2.45) is 0 Å². The van der Waals surface area contributed by atoms with Crippen molar-refractivity contribution in [1.29, 1.82) is 0 Å². The first-order valence-corrected chi connectivity index (χ1v) is 8.75. The van der Waals surface area contributed by atoms with Crippen LogP contribution >= 0.6 is 0 Å². The summed E-state index contributed by atoms with van der Waals surface area (Å²) in [5.41, 5.74) is 3.05. The minimum absolute atomic E-state index is 0.0215. The second-order valence-corrected chi connectivity index (χ2v) is 6.69. The number of nitrogens with zero attached hydrogens (tertiary/aromatic N) is 4. The number of aromatic amines is 1. The second-order valence-electron chi connectivity index (χ2n) is 6.69. The Morgan fingerprint density at radius 3 is 2.54 bits per heavy atom.